The standard InChI is InChI=1S/C31H39N3O4S/c1-23(2)20-32-31(36)29(19-26-14-7-6-8-15-26)33(21-27-16-10-9-13-25(27)4)30(35)22-34(39(5,37)38)28-17-11-12-24(3)18-28/h6-18,23,29H,19-22H2,1-5H3,(H,32,36). The molecule has 0 spiro atoms. The lowest BCUT2D eigenvalue weighted by Gasteiger charge is -2.34. The molecule has 7 nitrogen and oxygen atoms in total. The first-order valence-corrected chi connectivity index (χ1v) is 15.0. The van der Waals surface area contributed by atoms with Crippen molar-refractivity contribution in [2.45, 2.75) is 46.7 Å². The van der Waals surface area contributed by atoms with Gasteiger partial charge < -0.3 is 10.2 Å². The average Bonchev–Trinajstić information content (AvgIpc) is 2.88. The van der Waals surface area contributed by atoms with Crippen molar-refractivity contribution in [3.63, 3.8) is 0 Å². The van der Waals surface area contributed by atoms with E-state index in [1.54, 1.807) is 18.2 Å². The van der Waals surface area contributed by atoms with Crippen molar-refractivity contribution >= 4 is 27.5 Å². The molecule has 0 bridgehead atoms. The van der Waals surface area contributed by atoms with E-state index >= 15 is 0 Å². The van der Waals surface area contributed by atoms with Crippen LogP contribution < -0.4 is 9.62 Å². The van der Waals surface area contributed by atoms with Crippen molar-refractivity contribution in [2.75, 3.05) is 23.7 Å². The summed E-state index contributed by atoms with van der Waals surface area (Å²) in [5.41, 5.74) is 4.06. The summed E-state index contributed by atoms with van der Waals surface area (Å²) < 4.78 is 26.8. The number of hydrogen-bond donors (Lipinski definition) is 1. The maximum absolute atomic E-state index is 14.1. The normalized spacial score (nSPS) is 12.2. The largest absolute Gasteiger partial charge is 0.354 e. The van der Waals surface area contributed by atoms with Gasteiger partial charge in [-0.1, -0.05) is 80.6 Å². The molecule has 3 aromatic carbocycles. The Bertz CT molecular complexity index is 1370. The molecule has 0 fully saturated rings. The van der Waals surface area contributed by atoms with Gasteiger partial charge in [0.25, 0.3) is 0 Å². The van der Waals surface area contributed by atoms with Crippen LogP contribution in [0.1, 0.15) is 36.1 Å². The molecule has 0 radical (unpaired) electrons. The number of nitrogens with one attached hydrogen (secondary N) is 1. The molecule has 1 atom stereocenters. The van der Waals surface area contributed by atoms with Crippen LogP contribution in [0, 0.1) is 19.8 Å². The molecule has 0 saturated carbocycles. The fraction of sp³-hybridized carbons (Fsp3) is 0.355. The number of amides is 2. The first-order valence-electron chi connectivity index (χ1n) is 13.2. The molecule has 0 aliphatic heterocycles. The van der Waals surface area contributed by atoms with Crippen LogP contribution in [0.15, 0.2) is 78.9 Å². The van der Waals surface area contributed by atoms with Crippen molar-refractivity contribution in [3.8, 4) is 0 Å². The summed E-state index contributed by atoms with van der Waals surface area (Å²) in [6.07, 6.45) is 1.39. The molecule has 1 unspecified atom stereocenters. The highest BCUT2D eigenvalue weighted by Crippen LogP contribution is 2.22. The van der Waals surface area contributed by atoms with E-state index in [1.165, 1.54) is 4.90 Å². The summed E-state index contributed by atoms with van der Waals surface area (Å²) in [4.78, 5) is 29.2. The van der Waals surface area contributed by atoms with Crippen LogP contribution in [0.5, 0.6) is 0 Å². The Labute approximate surface area is 232 Å². The summed E-state index contributed by atoms with van der Waals surface area (Å²) in [6, 6.07) is 23.4. The molecule has 3 rings (SSSR count). The minimum Gasteiger partial charge on any atom is -0.354 e. The maximum Gasteiger partial charge on any atom is 0.244 e. The van der Waals surface area contributed by atoms with Crippen LogP contribution in [0.3, 0.4) is 0 Å². The SMILES string of the molecule is Cc1cccc(N(CC(=O)N(Cc2ccccc2C)C(Cc2ccccc2)C(=O)NCC(C)C)S(C)(=O)=O)c1. The first-order chi connectivity index (χ1) is 18.5. The Morgan fingerprint density at radius 3 is 2.18 bits per heavy atom. The van der Waals surface area contributed by atoms with Crippen LogP contribution >= 0.6 is 0 Å². The Morgan fingerprint density at radius 2 is 1.56 bits per heavy atom. The predicted molar refractivity (Wildman–Crippen MR) is 157 cm³/mol. The molecular formula is C31H39N3O4S. The third-order valence-corrected chi connectivity index (χ3v) is 7.67. The molecule has 3 aromatic rings. The zero-order valence-electron chi connectivity index (χ0n) is 23.4. The summed E-state index contributed by atoms with van der Waals surface area (Å²) in [5, 5.41) is 3.00. The Morgan fingerprint density at radius 1 is 0.897 bits per heavy atom. The first kappa shape index (κ1) is 29.9. The molecule has 0 aliphatic rings. The van der Waals surface area contributed by atoms with E-state index in [2.05, 4.69) is 5.32 Å². The number of rotatable bonds is 12. The maximum atomic E-state index is 14.1. The minimum absolute atomic E-state index is 0.170. The van der Waals surface area contributed by atoms with Gasteiger partial charge in [-0.3, -0.25) is 13.9 Å². The number of hydrogen-bond acceptors (Lipinski definition) is 4. The second-order valence-electron chi connectivity index (χ2n) is 10.4. The van der Waals surface area contributed by atoms with E-state index in [0.717, 1.165) is 32.8 Å². The van der Waals surface area contributed by atoms with Crippen LogP contribution in [0.4, 0.5) is 5.69 Å². The van der Waals surface area contributed by atoms with E-state index in [-0.39, 0.29) is 18.4 Å². The summed E-state index contributed by atoms with van der Waals surface area (Å²) in [7, 11) is -3.79. The summed E-state index contributed by atoms with van der Waals surface area (Å²) >= 11 is 0. The van der Waals surface area contributed by atoms with Crippen molar-refractivity contribution in [2.24, 2.45) is 5.92 Å². The molecule has 208 valence electrons. The van der Waals surface area contributed by atoms with Gasteiger partial charge in [0.15, 0.2) is 0 Å². The Balaban J connectivity index is 2.06. The van der Waals surface area contributed by atoms with E-state index in [9.17, 15) is 18.0 Å². The van der Waals surface area contributed by atoms with Crippen LogP contribution in [-0.2, 0) is 32.6 Å². The number of carbonyl (C=O) groups excluding carboxylic acids is 2. The van der Waals surface area contributed by atoms with Crippen molar-refractivity contribution in [1.29, 1.82) is 0 Å². The zero-order valence-corrected chi connectivity index (χ0v) is 24.2. The van der Waals surface area contributed by atoms with E-state index in [4.69, 9.17) is 0 Å². The van der Waals surface area contributed by atoms with Gasteiger partial charge in [-0.2, -0.15) is 0 Å². The topological polar surface area (TPSA) is 86.8 Å². The van der Waals surface area contributed by atoms with Crippen molar-refractivity contribution < 1.29 is 18.0 Å². The monoisotopic (exact) mass is 549 g/mol. The lowest BCUT2D eigenvalue weighted by atomic mass is 10.0. The quantitative estimate of drug-likeness (QED) is 0.361. The van der Waals surface area contributed by atoms with Gasteiger partial charge in [0.1, 0.15) is 12.6 Å². The van der Waals surface area contributed by atoms with E-state index in [0.29, 0.717) is 18.7 Å². The summed E-state index contributed by atoms with van der Waals surface area (Å²) in [6.45, 7) is 8.06. The van der Waals surface area contributed by atoms with Gasteiger partial charge in [0.2, 0.25) is 21.8 Å². The second kappa shape index (κ2) is 13.4. The molecule has 0 heterocycles. The predicted octanol–water partition coefficient (Wildman–Crippen LogP) is 4.48. The average molecular weight is 550 g/mol. The number of aryl methyl sites for hydroxylation is 2. The highest BCUT2D eigenvalue weighted by atomic mass is 32.2. The van der Waals surface area contributed by atoms with Gasteiger partial charge in [0, 0.05) is 19.5 Å². The molecule has 0 aromatic heterocycles. The molecule has 39 heavy (non-hydrogen) atoms. The minimum atomic E-state index is -3.79. The third kappa shape index (κ3) is 8.68. The lowest BCUT2D eigenvalue weighted by molar-refractivity contribution is -0.140. The number of carbonyl (C=O) groups is 2. The molecular weight excluding hydrogens is 510 g/mol. The molecule has 1 N–H and O–H groups in total. The zero-order chi connectivity index (χ0) is 28.6. The van der Waals surface area contributed by atoms with Gasteiger partial charge in [-0.15, -0.1) is 0 Å². The number of sulfonamides is 1. The Kier molecular flexibility index (Phi) is 10.3. The molecule has 2 amide bonds. The lowest BCUT2D eigenvalue weighted by Crippen LogP contribution is -2.53. The van der Waals surface area contributed by atoms with Gasteiger partial charge in [-0.05, 0) is 54.2 Å². The fourth-order valence-electron chi connectivity index (χ4n) is 4.34. The number of anilines is 1. The van der Waals surface area contributed by atoms with E-state index in [1.807, 2.05) is 88.4 Å². The fourth-order valence-corrected chi connectivity index (χ4v) is 5.19. The highest BCUT2D eigenvalue weighted by Gasteiger charge is 2.33. The third-order valence-electron chi connectivity index (χ3n) is 6.53. The van der Waals surface area contributed by atoms with Gasteiger partial charge in [-0.25, -0.2) is 8.42 Å². The molecule has 0 saturated heterocycles. The van der Waals surface area contributed by atoms with Gasteiger partial charge >= 0.3 is 0 Å². The highest BCUT2D eigenvalue weighted by molar-refractivity contribution is 7.92. The number of nitrogens with zero attached hydrogens (tertiary/aromatic N) is 2. The Hall–Kier alpha value is -3.65. The molecule has 0 aliphatic carbocycles. The van der Waals surface area contributed by atoms with Crippen LogP contribution in [-0.4, -0.2) is 50.5 Å². The van der Waals surface area contributed by atoms with Crippen molar-refractivity contribution in [3.05, 3.63) is 101 Å². The number of benzene rings is 3. The van der Waals surface area contributed by atoms with Gasteiger partial charge in [0.05, 0.1) is 11.9 Å². The van der Waals surface area contributed by atoms with Crippen LogP contribution in [0.2, 0.25) is 0 Å². The van der Waals surface area contributed by atoms with E-state index < -0.39 is 28.5 Å². The van der Waals surface area contributed by atoms with Crippen LogP contribution in [0.25, 0.3) is 0 Å². The van der Waals surface area contributed by atoms with Crippen molar-refractivity contribution in [1.82, 2.24) is 10.2 Å². The second-order valence-corrected chi connectivity index (χ2v) is 12.3. The molecule has 8 heteroatoms. The smallest absolute Gasteiger partial charge is 0.244 e. The summed E-state index contributed by atoms with van der Waals surface area (Å²) in [5.74, 6) is -0.490.